The third-order valence-corrected chi connectivity index (χ3v) is 6.21. The lowest BCUT2D eigenvalue weighted by atomic mass is 9.89. The van der Waals surface area contributed by atoms with Gasteiger partial charge in [0.1, 0.15) is 18.5 Å². The monoisotopic (exact) mass is 426 g/mol. The number of piperidine rings is 1. The summed E-state index contributed by atoms with van der Waals surface area (Å²) >= 11 is 0. The van der Waals surface area contributed by atoms with Crippen LogP contribution in [0.5, 0.6) is 0 Å². The molecule has 0 bridgehead atoms. The number of fused-ring (bicyclic) bond motifs is 2. The van der Waals surface area contributed by atoms with Gasteiger partial charge >= 0.3 is 6.03 Å². The number of nitrogens with zero attached hydrogens (tertiary/aromatic N) is 8. The van der Waals surface area contributed by atoms with E-state index in [4.69, 9.17) is 4.98 Å². The lowest BCUT2D eigenvalue weighted by Gasteiger charge is -2.33. The number of hydrogen-bond acceptors (Lipinski definition) is 7. The molecule has 32 heavy (non-hydrogen) atoms. The zero-order chi connectivity index (χ0) is 21.7. The van der Waals surface area contributed by atoms with Crippen molar-refractivity contribution in [2.45, 2.75) is 18.8 Å². The zero-order valence-electron chi connectivity index (χ0n) is 17.4. The van der Waals surface area contributed by atoms with Gasteiger partial charge in [-0.05, 0) is 36.5 Å². The largest absolute Gasteiger partial charge is 0.355 e. The Balaban J connectivity index is 1.26. The zero-order valence-corrected chi connectivity index (χ0v) is 17.4. The first-order valence-corrected chi connectivity index (χ1v) is 10.5. The van der Waals surface area contributed by atoms with E-state index >= 15 is 0 Å². The normalized spacial score (nSPS) is 16.2. The Bertz CT molecular complexity index is 1330. The lowest BCUT2D eigenvalue weighted by molar-refractivity contribution is 0.256. The predicted octanol–water partition coefficient (Wildman–Crippen LogP) is 2.99. The number of carbonyl (C=O) groups is 1. The van der Waals surface area contributed by atoms with Crippen LogP contribution in [0.2, 0.25) is 0 Å². The van der Waals surface area contributed by atoms with Crippen molar-refractivity contribution < 1.29 is 4.79 Å². The van der Waals surface area contributed by atoms with Crippen molar-refractivity contribution in [2.24, 2.45) is 7.05 Å². The molecule has 2 amide bonds. The molecule has 0 unspecified atom stereocenters. The van der Waals surface area contributed by atoms with Gasteiger partial charge in [-0.3, -0.25) is 0 Å². The average molecular weight is 426 g/mol. The lowest BCUT2D eigenvalue weighted by Crippen LogP contribution is -2.33. The number of aromatic nitrogens is 6. The first-order valence-electron chi connectivity index (χ1n) is 10.5. The van der Waals surface area contributed by atoms with Crippen LogP contribution in [0, 0.1) is 0 Å². The second-order valence-corrected chi connectivity index (χ2v) is 8.07. The van der Waals surface area contributed by atoms with Crippen LogP contribution < -0.4 is 15.5 Å². The number of anilines is 2. The molecule has 0 saturated carbocycles. The van der Waals surface area contributed by atoms with Crippen molar-refractivity contribution in [2.75, 3.05) is 23.3 Å². The molecule has 1 radical (unpaired) electrons. The summed E-state index contributed by atoms with van der Waals surface area (Å²) in [6, 6.07) is 5.78. The van der Waals surface area contributed by atoms with Gasteiger partial charge in [-0.1, -0.05) is 6.07 Å². The summed E-state index contributed by atoms with van der Waals surface area (Å²) in [5, 5.41) is 6.79. The summed E-state index contributed by atoms with van der Waals surface area (Å²) in [4.78, 5) is 35.9. The van der Waals surface area contributed by atoms with Gasteiger partial charge in [-0.15, -0.1) is 0 Å². The van der Waals surface area contributed by atoms with E-state index in [1.165, 1.54) is 11.9 Å². The number of imidazole rings is 1. The van der Waals surface area contributed by atoms with E-state index in [9.17, 15) is 4.79 Å². The first-order chi connectivity index (χ1) is 15.7. The minimum Gasteiger partial charge on any atom is -0.355 e. The third-order valence-electron chi connectivity index (χ3n) is 6.21. The summed E-state index contributed by atoms with van der Waals surface area (Å²) in [5.41, 5.74) is 5.16. The van der Waals surface area contributed by atoms with Gasteiger partial charge in [0.2, 0.25) is 0 Å². The van der Waals surface area contributed by atoms with E-state index < -0.39 is 0 Å². The summed E-state index contributed by atoms with van der Waals surface area (Å²) in [5.74, 6) is 2.04. The minimum absolute atomic E-state index is 0.295. The number of urea groups is 1. The van der Waals surface area contributed by atoms with Crippen molar-refractivity contribution in [3.05, 3.63) is 48.8 Å². The molecule has 6 rings (SSSR count). The standard InChI is InChI=1S/C22H20N9O/c1-30-19(15-9-23-11-24-10-15)29-18-20(30)25-12-26-21(18)31-6-4-13(5-7-31)14-2-3-16-17(8-14)28-22(32)27-16/h2-3,8-13H,4-7H2,1H3,(H,27,32). The fraction of sp³-hybridized carbons (Fsp3) is 0.273. The number of hydrogen-bond donors (Lipinski definition) is 1. The number of nitrogens with one attached hydrogen (secondary N) is 1. The summed E-state index contributed by atoms with van der Waals surface area (Å²) in [7, 11) is 1.94. The fourth-order valence-corrected chi connectivity index (χ4v) is 4.57. The van der Waals surface area contributed by atoms with E-state index in [1.54, 1.807) is 18.7 Å². The third kappa shape index (κ3) is 3.03. The van der Waals surface area contributed by atoms with Crippen LogP contribution in [0.3, 0.4) is 0 Å². The van der Waals surface area contributed by atoms with Crippen molar-refractivity contribution in [3.8, 4) is 11.4 Å². The van der Waals surface area contributed by atoms with E-state index in [0.717, 1.165) is 65.7 Å². The van der Waals surface area contributed by atoms with Crippen LogP contribution in [0.25, 0.3) is 22.6 Å². The van der Waals surface area contributed by atoms with E-state index in [-0.39, 0.29) is 6.03 Å². The van der Waals surface area contributed by atoms with Gasteiger partial charge in [0.05, 0.1) is 16.9 Å². The van der Waals surface area contributed by atoms with Crippen LogP contribution in [0.15, 0.2) is 43.2 Å². The highest BCUT2D eigenvalue weighted by Crippen LogP contribution is 2.36. The Morgan fingerprint density at radius 2 is 1.88 bits per heavy atom. The number of benzene rings is 1. The molecule has 1 fully saturated rings. The summed E-state index contributed by atoms with van der Waals surface area (Å²) in [6.45, 7) is 1.73. The Labute approximate surface area is 183 Å². The molecule has 159 valence electrons. The summed E-state index contributed by atoms with van der Waals surface area (Å²) in [6.07, 6.45) is 8.57. The second-order valence-electron chi connectivity index (χ2n) is 8.07. The SMILES string of the molecule is Cn1c(-c2cncnc2)nc2c(N3CCC(c4ccc5c(c4)[N]C(=O)N5)CC3)ncnc21. The van der Waals surface area contributed by atoms with Crippen LogP contribution in [0.4, 0.5) is 22.0 Å². The van der Waals surface area contributed by atoms with E-state index in [2.05, 4.69) is 41.5 Å². The van der Waals surface area contributed by atoms with Crippen molar-refractivity contribution in [3.63, 3.8) is 0 Å². The molecule has 4 aromatic rings. The Morgan fingerprint density at radius 1 is 1.06 bits per heavy atom. The van der Waals surface area contributed by atoms with E-state index in [0.29, 0.717) is 5.92 Å². The number of aryl methyl sites for hydroxylation is 1. The molecule has 10 heteroatoms. The van der Waals surface area contributed by atoms with Crippen LogP contribution in [0.1, 0.15) is 24.3 Å². The number of rotatable bonds is 3. The van der Waals surface area contributed by atoms with Gasteiger partial charge < -0.3 is 14.8 Å². The molecule has 2 aliphatic rings. The molecule has 2 aliphatic heterocycles. The topological polar surface area (TPSA) is 116 Å². The number of amides is 2. The molecule has 1 aromatic carbocycles. The Kier molecular flexibility index (Phi) is 4.23. The predicted molar refractivity (Wildman–Crippen MR) is 119 cm³/mol. The molecular weight excluding hydrogens is 406 g/mol. The first kappa shape index (κ1) is 18.7. The molecule has 0 aliphatic carbocycles. The highest BCUT2D eigenvalue weighted by molar-refractivity contribution is 6.02. The molecule has 1 N–H and O–H groups in total. The number of carbonyl (C=O) groups excluding carboxylic acids is 1. The van der Waals surface area contributed by atoms with Gasteiger partial charge in [-0.2, -0.15) is 5.32 Å². The van der Waals surface area contributed by atoms with Gasteiger partial charge in [0.25, 0.3) is 0 Å². The van der Waals surface area contributed by atoms with Crippen molar-refractivity contribution in [1.82, 2.24) is 34.8 Å². The van der Waals surface area contributed by atoms with Gasteiger partial charge in [0.15, 0.2) is 17.0 Å². The maximum absolute atomic E-state index is 11.5. The Hall–Kier alpha value is -4.08. The fourth-order valence-electron chi connectivity index (χ4n) is 4.57. The molecule has 1 saturated heterocycles. The highest BCUT2D eigenvalue weighted by atomic mass is 16.2. The van der Waals surface area contributed by atoms with Crippen LogP contribution in [-0.2, 0) is 7.05 Å². The quantitative estimate of drug-likeness (QED) is 0.535. The smallest absolute Gasteiger partial charge is 0.346 e. The minimum atomic E-state index is -0.295. The van der Waals surface area contributed by atoms with Crippen molar-refractivity contribution >= 4 is 34.4 Å². The van der Waals surface area contributed by atoms with E-state index in [1.807, 2.05) is 23.7 Å². The second kappa shape index (κ2) is 7.26. The summed E-state index contributed by atoms with van der Waals surface area (Å²) < 4.78 is 1.95. The van der Waals surface area contributed by atoms with Gasteiger partial charge in [-0.25, -0.2) is 29.7 Å². The van der Waals surface area contributed by atoms with Crippen LogP contribution >= 0.6 is 0 Å². The van der Waals surface area contributed by atoms with Gasteiger partial charge in [0, 0.05) is 32.5 Å². The molecule has 0 atom stereocenters. The maximum atomic E-state index is 11.5. The molecule has 10 nitrogen and oxygen atoms in total. The maximum Gasteiger partial charge on any atom is 0.346 e. The highest BCUT2D eigenvalue weighted by Gasteiger charge is 2.27. The molecule has 5 heterocycles. The molecule has 0 spiro atoms. The average Bonchev–Trinajstić information content (AvgIpc) is 3.38. The Morgan fingerprint density at radius 3 is 2.69 bits per heavy atom. The van der Waals surface area contributed by atoms with Crippen molar-refractivity contribution in [1.29, 1.82) is 0 Å². The molecule has 3 aromatic heterocycles. The molecular formula is C22H20N9O. The van der Waals surface area contributed by atoms with Crippen LogP contribution in [-0.4, -0.2) is 48.6 Å².